The van der Waals surface area contributed by atoms with Gasteiger partial charge < -0.3 is 10.1 Å². The Morgan fingerprint density at radius 2 is 1.76 bits per heavy atom. The minimum absolute atomic E-state index is 0.0895. The molecule has 1 N–H and O–H groups in total. The molecule has 0 radical (unpaired) electrons. The number of carbonyl (C=O) groups is 2. The van der Waals surface area contributed by atoms with Gasteiger partial charge in [-0.25, -0.2) is 0 Å². The van der Waals surface area contributed by atoms with Crippen molar-refractivity contribution in [3.05, 3.63) is 96.8 Å². The number of pyridine rings is 1. The number of halogens is 3. The minimum atomic E-state index is -4.54. The maximum Gasteiger partial charge on any atom is 0.416 e. The zero-order chi connectivity index (χ0) is 24.0. The molecule has 0 aliphatic rings. The fraction of sp³-hybridized carbons (Fsp3) is 0.125. The van der Waals surface area contributed by atoms with E-state index in [9.17, 15) is 22.8 Å². The van der Waals surface area contributed by atoms with Crippen LogP contribution in [0.25, 0.3) is 0 Å². The summed E-state index contributed by atoms with van der Waals surface area (Å²) < 4.78 is 44.1. The largest absolute Gasteiger partial charge is 0.497 e. The number of hydrogen-bond donors (Lipinski definition) is 1. The van der Waals surface area contributed by atoms with Gasteiger partial charge in [-0.15, -0.1) is 0 Å². The quantitative estimate of drug-likeness (QED) is 0.509. The van der Waals surface area contributed by atoms with Crippen molar-refractivity contribution < 1.29 is 27.5 Å². The Hall–Kier alpha value is -4.14. The molecule has 0 saturated heterocycles. The lowest BCUT2D eigenvalue weighted by molar-refractivity contribution is -0.137. The van der Waals surface area contributed by atoms with E-state index < -0.39 is 29.6 Å². The van der Waals surface area contributed by atoms with Crippen molar-refractivity contribution in [1.29, 1.82) is 0 Å². The number of carbonyl (C=O) groups excluding carboxylic acids is 2. The maximum atomic E-state index is 13.4. The van der Waals surface area contributed by atoms with Crippen molar-refractivity contribution in [3.63, 3.8) is 0 Å². The number of nitrogens with zero attached hydrogens (tertiary/aromatic N) is 2. The van der Waals surface area contributed by atoms with E-state index in [1.165, 1.54) is 19.5 Å². The number of ether oxygens (including phenoxy) is 1. The number of nitrogens with one attached hydrogen (secondary N) is 1. The summed E-state index contributed by atoms with van der Waals surface area (Å²) in [4.78, 5) is 31.3. The number of alkyl halides is 3. The Morgan fingerprint density at radius 1 is 1.09 bits per heavy atom. The van der Waals surface area contributed by atoms with Crippen LogP contribution in [0.5, 0.6) is 5.75 Å². The Kier molecular flexibility index (Phi) is 7.12. The molecule has 6 nitrogen and oxygen atoms in total. The second kappa shape index (κ2) is 9.99. The van der Waals surface area contributed by atoms with E-state index in [-0.39, 0.29) is 5.69 Å². The molecule has 0 saturated carbocycles. The Morgan fingerprint density at radius 3 is 2.27 bits per heavy atom. The van der Waals surface area contributed by atoms with Crippen LogP contribution in [-0.4, -0.2) is 23.9 Å². The SMILES string of the molecule is C=CC(=O)N(c1ccc(C(F)(F)F)cc1)C(C(=O)Nc1ccc(OC)cc1)c1cccnc1. The molecule has 1 heterocycles. The van der Waals surface area contributed by atoms with Crippen LogP contribution in [0.4, 0.5) is 24.5 Å². The van der Waals surface area contributed by atoms with Crippen LogP contribution in [0.3, 0.4) is 0 Å². The fourth-order valence-electron chi connectivity index (χ4n) is 3.15. The van der Waals surface area contributed by atoms with Gasteiger partial charge in [0, 0.05) is 29.3 Å². The van der Waals surface area contributed by atoms with Crippen molar-refractivity contribution in [2.45, 2.75) is 12.2 Å². The third kappa shape index (κ3) is 5.57. The molecule has 2 amide bonds. The summed E-state index contributed by atoms with van der Waals surface area (Å²) >= 11 is 0. The van der Waals surface area contributed by atoms with Crippen LogP contribution in [0, 0.1) is 0 Å². The van der Waals surface area contributed by atoms with Crippen LogP contribution in [-0.2, 0) is 15.8 Å². The first kappa shape index (κ1) is 23.5. The molecular weight excluding hydrogens is 435 g/mol. The van der Waals surface area contributed by atoms with E-state index in [1.807, 2.05) is 0 Å². The summed E-state index contributed by atoms with van der Waals surface area (Å²) in [5.74, 6) is -0.679. The van der Waals surface area contributed by atoms with Gasteiger partial charge in [0.1, 0.15) is 11.8 Å². The molecule has 3 aromatic rings. The van der Waals surface area contributed by atoms with Crippen LogP contribution in [0.2, 0.25) is 0 Å². The molecule has 9 heteroatoms. The number of methoxy groups -OCH3 is 1. The average Bonchev–Trinajstić information content (AvgIpc) is 2.82. The molecule has 0 aliphatic carbocycles. The minimum Gasteiger partial charge on any atom is -0.497 e. The zero-order valence-corrected chi connectivity index (χ0v) is 17.5. The molecule has 1 aromatic heterocycles. The van der Waals surface area contributed by atoms with E-state index in [0.29, 0.717) is 17.0 Å². The second-order valence-corrected chi connectivity index (χ2v) is 6.86. The molecule has 1 unspecified atom stereocenters. The zero-order valence-electron chi connectivity index (χ0n) is 17.5. The molecule has 2 aromatic carbocycles. The van der Waals surface area contributed by atoms with Gasteiger partial charge >= 0.3 is 6.18 Å². The lowest BCUT2D eigenvalue weighted by Gasteiger charge is -2.30. The highest BCUT2D eigenvalue weighted by Crippen LogP contribution is 2.33. The van der Waals surface area contributed by atoms with Crippen LogP contribution in [0.15, 0.2) is 85.7 Å². The summed E-state index contributed by atoms with van der Waals surface area (Å²) in [5.41, 5.74) is 0.0104. The number of rotatable bonds is 7. The second-order valence-electron chi connectivity index (χ2n) is 6.86. The van der Waals surface area contributed by atoms with Gasteiger partial charge in [0.2, 0.25) is 0 Å². The molecule has 0 aliphatic heterocycles. The average molecular weight is 455 g/mol. The maximum absolute atomic E-state index is 13.4. The first-order valence-electron chi connectivity index (χ1n) is 9.72. The Bertz CT molecular complexity index is 1120. The van der Waals surface area contributed by atoms with Crippen molar-refractivity contribution in [2.24, 2.45) is 0 Å². The van der Waals surface area contributed by atoms with Crippen LogP contribution in [0.1, 0.15) is 17.2 Å². The third-order valence-electron chi connectivity index (χ3n) is 4.75. The third-order valence-corrected chi connectivity index (χ3v) is 4.75. The molecule has 1 atom stereocenters. The van der Waals surface area contributed by atoms with Crippen molar-refractivity contribution in [2.75, 3.05) is 17.3 Å². The summed E-state index contributed by atoms with van der Waals surface area (Å²) in [6, 6.07) is 12.5. The number of amides is 2. The Labute approximate surface area is 188 Å². The van der Waals surface area contributed by atoms with Gasteiger partial charge in [-0.3, -0.25) is 19.5 Å². The van der Waals surface area contributed by atoms with E-state index in [0.717, 1.165) is 35.2 Å². The van der Waals surface area contributed by atoms with Crippen molar-refractivity contribution in [3.8, 4) is 5.75 Å². The molecule has 3 rings (SSSR count). The van der Waals surface area contributed by atoms with Gasteiger partial charge in [-0.2, -0.15) is 13.2 Å². The Balaban J connectivity index is 2.04. The van der Waals surface area contributed by atoms with Crippen molar-refractivity contribution in [1.82, 2.24) is 4.98 Å². The van der Waals surface area contributed by atoms with Crippen molar-refractivity contribution >= 4 is 23.2 Å². The number of aromatic nitrogens is 1. The van der Waals surface area contributed by atoms with E-state index >= 15 is 0 Å². The van der Waals surface area contributed by atoms with E-state index in [1.54, 1.807) is 36.4 Å². The van der Waals surface area contributed by atoms with E-state index in [4.69, 9.17) is 4.74 Å². The molecule has 0 bridgehead atoms. The topological polar surface area (TPSA) is 71.5 Å². The summed E-state index contributed by atoms with van der Waals surface area (Å²) in [6.07, 6.45) is -0.645. The predicted octanol–water partition coefficient (Wildman–Crippen LogP) is 5.01. The highest BCUT2D eigenvalue weighted by Gasteiger charge is 2.34. The highest BCUT2D eigenvalue weighted by molar-refractivity contribution is 6.09. The van der Waals surface area contributed by atoms with Gasteiger partial charge in [0.25, 0.3) is 11.8 Å². The molecule has 0 spiro atoms. The lowest BCUT2D eigenvalue weighted by atomic mass is 10.0. The number of benzene rings is 2. The first-order chi connectivity index (χ1) is 15.7. The van der Waals surface area contributed by atoms with Crippen LogP contribution < -0.4 is 15.0 Å². The summed E-state index contributed by atoms with van der Waals surface area (Å²) in [5, 5.41) is 2.73. The molecular formula is C24H20F3N3O3. The smallest absolute Gasteiger partial charge is 0.416 e. The van der Waals surface area contributed by atoms with Crippen LogP contribution >= 0.6 is 0 Å². The molecule has 170 valence electrons. The van der Waals surface area contributed by atoms with E-state index in [2.05, 4.69) is 16.9 Å². The summed E-state index contributed by atoms with van der Waals surface area (Å²) in [6.45, 7) is 3.47. The number of hydrogen-bond acceptors (Lipinski definition) is 4. The summed E-state index contributed by atoms with van der Waals surface area (Å²) in [7, 11) is 1.51. The fourth-order valence-corrected chi connectivity index (χ4v) is 3.15. The predicted molar refractivity (Wildman–Crippen MR) is 118 cm³/mol. The molecule has 0 fully saturated rings. The highest BCUT2D eigenvalue weighted by atomic mass is 19.4. The molecule has 33 heavy (non-hydrogen) atoms. The van der Waals surface area contributed by atoms with Gasteiger partial charge in [0.15, 0.2) is 0 Å². The van der Waals surface area contributed by atoms with Gasteiger partial charge in [-0.1, -0.05) is 12.6 Å². The lowest BCUT2D eigenvalue weighted by Crippen LogP contribution is -2.40. The first-order valence-corrected chi connectivity index (χ1v) is 9.72. The number of anilines is 2. The van der Waals surface area contributed by atoms with Gasteiger partial charge in [-0.05, 0) is 60.7 Å². The normalized spacial score (nSPS) is 11.9. The standard InChI is InChI=1S/C24H20F3N3O3/c1-3-21(31)30(19-10-6-17(7-11-19)24(25,26)27)22(16-5-4-14-28-15-16)23(32)29-18-8-12-20(33-2)13-9-18/h3-15,22H,1H2,2H3,(H,29,32). The monoisotopic (exact) mass is 455 g/mol. The van der Waals surface area contributed by atoms with Gasteiger partial charge in [0.05, 0.1) is 12.7 Å².